The smallest absolute Gasteiger partial charge is 0.236 e. The molecule has 1 fully saturated rings. The maximum absolute atomic E-state index is 8.92. The van der Waals surface area contributed by atoms with E-state index in [4.69, 9.17) is 10.2 Å². The highest BCUT2D eigenvalue weighted by Crippen LogP contribution is 2.43. The number of aromatic nitrogens is 7. The maximum atomic E-state index is 8.92. The zero-order valence-corrected chi connectivity index (χ0v) is 16.7. The lowest BCUT2D eigenvalue weighted by atomic mass is 10.0. The van der Waals surface area contributed by atoms with Crippen LogP contribution in [0, 0.1) is 18.3 Å². The van der Waals surface area contributed by atoms with Crippen molar-refractivity contribution in [3.63, 3.8) is 0 Å². The Labute approximate surface area is 169 Å². The molecule has 2 aliphatic rings. The molecular weight excluding hydrogens is 366 g/mol. The summed E-state index contributed by atoms with van der Waals surface area (Å²) < 4.78 is 3.88. The average molecular weight is 389 g/mol. The van der Waals surface area contributed by atoms with Crippen molar-refractivity contribution in [2.45, 2.75) is 64.5 Å². The Hall–Kier alpha value is -3.28. The number of hydrogen-bond acceptors (Lipinski definition) is 7. The molecule has 1 saturated carbocycles. The number of fused-ring (bicyclic) bond motifs is 3. The summed E-state index contributed by atoms with van der Waals surface area (Å²) in [5.41, 5.74) is 1.64. The number of imidazole rings is 1. The third-order valence-corrected chi connectivity index (χ3v) is 5.94. The molecule has 3 aromatic heterocycles. The number of anilines is 1. The van der Waals surface area contributed by atoms with Gasteiger partial charge in [0.05, 0.1) is 30.4 Å². The molecule has 1 atom stereocenters. The van der Waals surface area contributed by atoms with Gasteiger partial charge in [-0.05, 0) is 26.2 Å². The fourth-order valence-corrected chi connectivity index (χ4v) is 4.63. The van der Waals surface area contributed by atoms with Crippen LogP contribution in [0.15, 0.2) is 18.7 Å². The van der Waals surface area contributed by atoms with Gasteiger partial charge in [-0.25, -0.2) is 9.97 Å². The van der Waals surface area contributed by atoms with Gasteiger partial charge in [0.15, 0.2) is 11.6 Å². The summed E-state index contributed by atoms with van der Waals surface area (Å²) in [5, 5.41) is 17.8. The van der Waals surface area contributed by atoms with Crippen molar-refractivity contribution in [1.82, 2.24) is 34.3 Å². The Morgan fingerprint density at radius 2 is 2.03 bits per heavy atom. The Bertz CT molecular complexity index is 1080. The van der Waals surface area contributed by atoms with E-state index in [1.165, 1.54) is 25.7 Å². The molecule has 0 saturated heterocycles. The molecule has 4 heterocycles. The van der Waals surface area contributed by atoms with Crippen LogP contribution in [0.4, 0.5) is 5.82 Å². The van der Waals surface area contributed by atoms with Gasteiger partial charge in [-0.15, -0.1) is 10.2 Å². The molecule has 0 bridgehead atoms. The molecule has 1 aliphatic heterocycles. The molecule has 1 aliphatic carbocycles. The normalized spacial score (nSPS) is 18.5. The summed E-state index contributed by atoms with van der Waals surface area (Å²) >= 11 is 0. The molecule has 0 unspecified atom stereocenters. The van der Waals surface area contributed by atoms with Crippen molar-refractivity contribution in [2.24, 2.45) is 0 Å². The predicted molar refractivity (Wildman–Crippen MR) is 106 cm³/mol. The molecule has 0 N–H and O–H groups in total. The summed E-state index contributed by atoms with van der Waals surface area (Å²) in [7, 11) is 0. The minimum Gasteiger partial charge on any atom is -0.341 e. The molecule has 9 nitrogen and oxygen atoms in total. The van der Waals surface area contributed by atoms with E-state index in [2.05, 4.69) is 42.6 Å². The van der Waals surface area contributed by atoms with Crippen LogP contribution in [-0.2, 0) is 6.42 Å². The third-order valence-electron chi connectivity index (χ3n) is 5.94. The Kier molecular flexibility index (Phi) is 4.27. The average Bonchev–Trinajstić information content (AvgIpc) is 3.48. The van der Waals surface area contributed by atoms with E-state index in [1.54, 1.807) is 10.9 Å². The first-order valence-electron chi connectivity index (χ1n) is 10.2. The van der Waals surface area contributed by atoms with E-state index in [1.807, 2.05) is 19.3 Å². The lowest BCUT2D eigenvalue weighted by Gasteiger charge is -2.41. The van der Waals surface area contributed by atoms with Crippen molar-refractivity contribution in [3.8, 4) is 17.7 Å². The summed E-state index contributed by atoms with van der Waals surface area (Å²) in [4.78, 5) is 16.3. The monoisotopic (exact) mass is 389 g/mol. The molecule has 5 rings (SSSR count). The van der Waals surface area contributed by atoms with E-state index >= 15 is 0 Å². The van der Waals surface area contributed by atoms with Crippen LogP contribution in [0.5, 0.6) is 0 Å². The fourth-order valence-electron chi connectivity index (χ4n) is 4.63. The minimum absolute atomic E-state index is 0.145. The topological polar surface area (TPSA) is 101 Å². The van der Waals surface area contributed by atoms with Gasteiger partial charge in [0, 0.05) is 12.2 Å². The Morgan fingerprint density at radius 3 is 2.79 bits per heavy atom. The zero-order chi connectivity index (χ0) is 20.0. The van der Waals surface area contributed by atoms with Crippen LogP contribution < -0.4 is 4.90 Å². The van der Waals surface area contributed by atoms with Gasteiger partial charge in [0.1, 0.15) is 17.8 Å². The van der Waals surface area contributed by atoms with Gasteiger partial charge in [-0.2, -0.15) is 10.2 Å². The highest BCUT2D eigenvalue weighted by Gasteiger charge is 2.39. The van der Waals surface area contributed by atoms with Crippen LogP contribution in [0.25, 0.3) is 11.6 Å². The summed E-state index contributed by atoms with van der Waals surface area (Å²) in [6.07, 6.45) is 11.4. The molecule has 29 heavy (non-hydrogen) atoms. The van der Waals surface area contributed by atoms with E-state index in [0.717, 1.165) is 29.6 Å². The number of aryl methyl sites for hydroxylation is 1. The molecule has 0 aromatic carbocycles. The maximum Gasteiger partial charge on any atom is 0.236 e. The standard InChI is InChI=1S/C20H23N9/c1-3-16-19-26-25-13(2)28(19)17-10-22-20(27-11-14(8-9-21)23-12-27)24-18(17)29(16)15-6-4-5-7-15/h10-12,15-16H,3-8H2,1-2H3/t16-/m1/s1. The molecule has 0 amide bonds. The third kappa shape index (κ3) is 2.78. The largest absolute Gasteiger partial charge is 0.341 e. The fraction of sp³-hybridized carbons (Fsp3) is 0.500. The Balaban J connectivity index is 1.66. The molecule has 3 aromatic rings. The van der Waals surface area contributed by atoms with Gasteiger partial charge >= 0.3 is 0 Å². The molecular formula is C20H23N9. The number of rotatable bonds is 4. The Morgan fingerprint density at radius 1 is 1.21 bits per heavy atom. The summed E-state index contributed by atoms with van der Waals surface area (Å²) in [5.74, 6) is 3.31. The highest BCUT2D eigenvalue weighted by atomic mass is 15.4. The van der Waals surface area contributed by atoms with E-state index in [9.17, 15) is 0 Å². The highest BCUT2D eigenvalue weighted by molar-refractivity contribution is 5.63. The van der Waals surface area contributed by atoms with Crippen molar-refractivity contribution >= 4 is 5.82 Å². The first-order valence-corrected chi connectivity index (χ1v) is 10.2. The quantitative estimate of drug-likeness (QED) is 0.676. The van der Waals surface area contributed by atoms with E-state index < -0.39 is 0 Å². The van der Waals surface area contributed by atoms with Crippen molar-refractivity contribution in [1.29, 1.82) is 5.26 Å². The minimum atomic E-state index is 0.145. The number of nitrogens with zero attached hydrogens (tertiary/aromatic N) is 9. The van der Waals surface area contributed by atoms with Gasteiger partial charge in [0.25, 0.3) is 0 Å². The van der Waals surface area contributed by atoms with Crippen molar-refractivity contribution in [3.05, 3.63) is 36.1 Å². The lowest BCUT2D eigenvalue weighted by Crippen LogP contribution is -2.42. The van der Waals surface area contributed by atoms with Gasteiger partial charge < -0.3 is 4.90 Å². The van der Waals surface area contributed by atoms with Crippen molar-refractivity contribution < 1.29 is 0 Å². The van der Waals surface area contributed by atoms with Gasteiger partial charge in [0.2, 0.25) is 5.95 Å². The first-order chi connectivity index (χ1) is 14.2. The number of nitriles is 1. The van der Waals surface area contributed by atoms with Crippen LogP contribution in [-0.4, -0.2) is 40.3 Å². The van der Waals surface area contributed by atoms with Crippen molar-refractivity contribution in [2.75, 3.05) is 4.90 Å². The first kappa shape index (κ1) is 17.8. The van der Waals surface area contributed by atoms with Gasteiger partial charge in [-0.3, -0.25) is 9.13 Å². The zero-order valence-electron chi connectivity index (χ0n) is 16.7. The second kappa shape index (κ2) is 6.95. The van der Waals surface area contributed by atoms with Crippen LogP contribution in [0.2, 0.25) is 0 Å². The SMILES string of the molecule is CC[C@@H]1c2nnc(C)n2-c2cnc(-n3cnc(CC#N)c3)nc2N1C1CCCC1. The van der Waals surface area contributed by atoms with Crippen LogP contribution >= 0.6 is 0 Å². The summed E-state index contributed by atoms with van der Waals surface area (Å²) in [6, 6.07) is 2.72. The van der Waals surface area contributed by atoms with Crippen LogP contribution in [0.3, 0.4) is 0 Å². The van der Waals surface area contributed by atoms with E-state index in [0.29, 0.717) is 17.7 Å². The summed E-state index contributed by atoms with van der Waals surface area (Å²) in [6.45, 7) is 4.16. The number of hydrogen-bond donors (Lipinski definition) is 0. The predicted octanol–water partition coefficient (Wildman–Crippen LogP) is 2.83. The molecule has 0 spiro atoms. The van der Waals surface area contributed by atoms with Crippen LogP contribution in [0.1, 0.15) is 62.4 Å². The molecule has 0 radical (unpaired) electrons. The van der Waals surface area contributed by atoms with Gasteiger partial charge in [-0.1, -0.05) is 19.8 Å². The second-order valence-electron chi connectivity index (χ2n) is 7.70. The molecule has 9 heteroatoms. The van der Waals surface area contributed by atoms with E-state index in [-0.39, 0.29) is 12.5 Å². The molecule has 148 valence electrons. The lowest BCUT2D eigenvalue weighted by molar-refractivity contribution is 0.467. The second-order valence-corrected chi connectivity index (χ2v) is 7.70.